The van der Waals surface area contributed by atoms with Gasteiger partial charge in [0.1, 0.15) is 35.5 Å². The third kappa shape index (κ3) is 6.17. The lowest BCUT2D eigenvalue weighted by Gasteiger charge is -2.40. The van der Waals surface area contributed by atoms with Crippen molar-refractivity contribution in [1.29, 1.82) is 0 Å². The minimum Gasteiger partial charge on any atom is -0.457 e. The zero-order valence-corrected chi connectivity index (χ0v) is 39.7. The third-order valence-electron chi connectivity index (χ3n) is 14.9. The zero-order valence-electron chi connectivity index (χ0n) is 39.7. The minimum atomic E-state index is -0.660. The summed E-state index contributed by atoms with van der Waals surface area (Å²) in [7, 11) is 0. The van der Waals surface area contributed by atoms with Gasteiger partial charge in [0.2, 0.25) is 0 Å². The maximum atomic E-state index is 7.24. The molecule has 0 radical (unpaired) electrons. The van der Waals surface area contributed by atoms with Gasteiger partial charge in [-0.05, 0) is 93.9 Å². The number of hydrogen-bond donors (Lipinski definition) is 0. The number of nitrogens with zero attached hydrogens (tertiary/aromatic N) is 4. The van der Waals surface area contributed by atoms with Crippen LogP contribution in [0.5, 0.6) is 23.0 Å². The molecule has 14 rings (SSSR count). The summed E-state index contributed by atoms with van der Waals surface area (Å²) in [5.74, 6) is 4.08. The predicted molar refractivity (Wildman–Crippen MR) is 289 cm³/mol. The monoisotopic (exact) mass is 916 g/mol. The molecule has 1 spiro atoms. The molecule has 0 saturated heterocycles. The number of para-hydroxylation sites is 5. The highest BCUT2D eigenvalue weighted by Gasteiger charge is 2.51. The Morgan fingerprint density at radius 2 is 1.08 bits per heavy atom. The van der Waals surface area contributed by atoms with Crippen LogP contribution in [0.25, 0.3) is 49.9 Å². The fourth-order valence-corrected chi connectivity index (χ4v) is 11.8. The summed E-state index contributed by atoms with van der Waals surface area (Å²) in [6, 6.07) is 78.1. The Kier molecular flexibility index (Phi) is 9.02. The number of fused-ring (bicyclic) bond motifs is 7. The molecule has 0 N–H and O–H groups in total. The van der Waals surface area contributed by atoms with E-state index in [1.54, 1.807) is 0 Å². The van der Waals surface area contributed by atoms with Gasteiger partial charge < -0.3 is 19.3 Å². The molecule has 0 bridgehead atoms. The first-order valence-corrected chi connectivity index (χ1v) is 24.5. The van der Waals surface area contributed by atoms with Gasteiger partial charge in [-0.3, -0.25) is 4.57 Å². The highest BCUT2D eigenvalue weighted by atomic mass is 16.5. The van der Waals surface area contributed by atoms with Gasteiger partial charge >= 0.3 is 0 Å². The molecule has 4 heterocycles. The van der Waals surface area contributed by atoms with E-state index in [9.17, 15) is 0 Å². The quantitative estimate of drug-likeness (QED) is 0.159. The molecule has 1 aliphatic carbocycles. The van der Waals surface area contributed by atoms with E-state index in [1.165, 1.54) is 49.8 Å². The largest absolute Gasteiger partial charge is 0.457 e. The SMILES string of the molecule is CC(C)(C)c1ccnc(-n2c3cccc4c3c3c(cc(Oc5cccc(N6CN(c7c(-c8ccccc8)cccc7-c7ccccc7)c7ccccc76)c5)cc32)C42c3ccccc3Oc3ccccc32)c1. The van der Waals surface area contributed by atoms with Crippen molar-refractivity contribution in [2.24, 2.45) is 0 Å². The summed E-state index contributed by atoms with van der Waals surface area (Å²) in [5.41, 5.74) is 16.5. The summed E-state index contributed by atoms with van der Waals surface area (Å²) in [4.78, 5) is 9.95. The lowest BCUT2D eigenvalue weighted by molar-refractivity contribution is 0.435. The smallest absolute Gasteiger partial charge is 0.137 e. The fourth-order valence-electron chi connectivity index (χ4n) is 11.8. The Bertz CT molecular complexity index is 3820. The van der Waals surface area contributed by atoms with Crippen LogP contribution < -0.4 is 19.3 Å². The van der Waals surface area contributed by atoms with Gasteiger partial charge in [0.25, 0.3) is 0 Å². The molecule has 0 fully saturated rings. The van der Waals surface area contributed by atoms with Crippen LogP contribution in [0.4, 0.5) is 22.7 Å². The van der Waals surface area contributed by atoms with Crippen molar-refractivity contribution in [2.45, 2.75) is 31.6 Å². The average Bonchev–Trinajstić information content (AvgIpc) is 4.10. The van der Waals surface area contributed by atoms with E-state index < -0.39 is 5.41 Å². The zero-order chi connectivity index (χ0) is 47.4. The Morgan fingerprint density at radius 3 is 1.77 bits per heavy atom. The van der Waals surface area contributed by atoms with Crippen LogP contribution in [0.15, 0.2) is 225 Å². The van der Waals surface area contributed by atoms with Crippen molar-refractivity contribution in [2.75, 3.05) is 16.5 Å². The molecule has 2 aromatic heterocycles. The van der Waals surface area contributed by atoms with Crippen LogP contribution in [0, 0.1) is 0 Å². The molecule has 6 nitrogen and oxygen atoms in total. The molecule has 6 heteroatoms. The summed E-state index contributed by atoms with van der Waals surface area (Å²) in [6.45, 7) is 7.37. The number of pyridine rings is 1. The second-order valence-electron chi connectivity index (χ2n) is 19.9. The Balaban J connectivity index is 0.930. The van der Waals surface area contributed by atoms with E-state index in [-0.39, 0.29) is 5.41 Å². The number of rotatable bonds is 7. The number of hydrogen-bond acceptors (Lipinski definition) is 5. The molecule has 0 saturated carbocycles. The molecular weight excluding hydrogens is 869 g/mol. The van der Waals surface area contributed by atoms with Crippen LogP contribution in [0.1, 0.15) is 48.6 Å². The Labute approximate surface area is 413 Å². The fraction of sp³-hybridized carbons (Fsp3) is 0.0923. The second-order valence-corrected chi connectivity index (χ2v) is 19.9. The standard InChI is InChI=1S/C65H48N4O2/c1-64(2,3)44-35-36-66-60(37-44)69-56-32-18-29-52-61(56)62-53(65(52)50-27-10-14-33-58(50)71-59-34-15-11-28-51(59)65)39-47(40-57(62)69)70-46-24-16-23-45(38-46)67-41-68(55-31-13-12-30-54(55)67)63-48(42-19-6-4-7-20-42)25-17-26-49(63)43-21-8-5-9-22-43/h4-40H,41H2,1-3H3. The van der Waals surface area contributed by atoms with Gasteiger partial charge in [-0.2, -0.15) is 0 Å². The highest BCUT2D eigenvalue weighted by molar-refractivity contribution is 6.18. The molecule has 0 unspecified atom stereocenters. The summed E-state index contributed by atoms with van der Waals surface area (Å²) >= 11 is 0. The van der Waals surface area contributed by atoms with Crippen LogP contribution in [-0.4, -0.2) is 16.2 Å². The Hall–Kier alpha value is -8.87. The predicted octanol–water partition coefficient (Wildman–Crippen LogP) is 16.7. The number of ether oxygens (including phenoxy) is 2. The molecule has 71 heavy (non-hydrogen) atoms. The number of aromatic nitrogens is 2. The lowest BCUT2D eigenvalue weighted by atomic mass is 9.65. The second kappa shape index (κ2) is 15.6. The van der Waals surface area contributed by atoms with Crippen molar-refractivity contribution in [3.05, 3.63) is 252 Å². The molecule has 0 amide bonds. The molecule has 340 valence electrons. The van der Waals surface area contributed by atoms with Gasteiger partial charge in [-0.1, -0.05) is 166 Å². The lowest BCUT2D eigenvalue weighted by Crippen LogP contribution is -2.32. The van der Waals surface area contributed by atoms with Crippen LogP contribution in [-0.2, 0) is 10.8 Å². The first-order valence-electron chi connectivity index (χ1n) is 24.5. The van der Waals surface area contributed by atoms with Gasteiger partial charge in [0.15, 0.2) is 0 Å². The van der Waals surface area contributed by atoms with Gasteiger partial charge in [-0.25, -0.2) is 4.98 Å². The minimum absolute atomic E-state index is 0.0644. The molecule has 0 atom stereocenters. The molecule has 2 aliphatic heterocycles. The van der Waals surface area contributed by atoms with Gasteiger partial charge in [0, 0.05) is 57.0 Å². The number of anilines is 4. The van der Waals surface area contributed by atoms with Crippen molar-refractivity contribution >= 4 is 44.6 Å². The van der Waals surface area contributed by atoms with Gasteiger partial charge in [-0.15, -0.1) is 0 Å². The summed E-state index contributed by atoms with van der Waals surface area (Å²) in [6.07, 6.45) is 1.95. The van der Waals surface area contributed by atoms with Crippen LogP contribution >= 0.6 is 0 Å². The van der Waals surface area contributed by atoms with Crippen molar-refractivity contribution < 1.29 is 9.47 Å². The topological polar surface area (TPSA) is 42.8 Å². The van der Waals surface area contributed by atoms with E-state index in [0.717, 1.165) is 73.6 Å². The maximum absolute atomic E-state index is 7.24. The van der Waals surface area contributed by atoms with Crippen LogP contribution in [0.3, 0.4) is 0 Å². The summed E-state index contributed by atoms with van der Waals surface area (Å²) < 4.78 is 16.3. The van der Waals surface area contributed by atoms with Gasteiger partial charge in [0.05, 0.1) is 33.5 Å². The Morgan fingerprint density at radius 1 is 0.493 bits per heavy atom. The van der Waals surface area contributed by atoms with E-state index in [1.807, 2.05) is 6.20 Å². The maximum Gasteiger partial charge on any atom is 0.137 e. The van der Waals surface area contributed by atoms with Crippen molar-refractivity contribution in [1.82, 2.24) is 9.55 Å². The van der Waals surface area contributed by atoms with E-state index in [4.69, 9.17) is 14.5 Å². The first-order chi connectivity index (χ1) is 34.8. The molecule has 11 aromatic rings. The number of benzene rings is 9. The normalized spacial score (nSPS) is 14.0. The molecule has 9 aromatic carbocycles. The average molecular weight is 917 g/mol. The van der Waals surface area contributed by atoms with E-state index >= 15 is 0 Å². The van der Waals surface area contributed by atoms with E-state index in [2.05, 4.69) is 254 Å². The van der Waals surface area contributed by atoms with Crippen molar-refractivity contribution in [3.8, 4) is 51.1 Å². The summed E-state index contributed by atoms with van der Waals surface area (Å²) in [5, 5.41) is 2.42. The van der Waals surface area contributed by atoms with Crippen molar-refractivity contribution in [3.63, 3.8) is 0 Å². The molecule has 3 aliphatic rings. The van der Waals surface area contributed by atoms with Crippen LogP contribution in [0.2, 0.25) is 0 Å². The first kappa shape index (κ1) is 41.1. The highest BCUT2D eigenvalue weighted by Crippen LogP contribution is 2.63. The van der Waals surface area contributed by atoms with E-state index in [0.29, 0.717) is 6.67 Å². The molecular formula is C65H48N4O2. The third-order valence-corrected chi connectivity index (χ3v) is 14.9.